The summed E-state index contributed by atoms with van der Waals surface area (Å²) in [6.45, 7) is 7.92. The quantitative estimate of drug-likeness (QED) is 0.694. The summed E-state index contributed by atoms with van der Waals surface area (Å²) in [5.41, 5.74) is 3.81. The highest BCUT2D eigenvalue weighted by Gasteiger charge is 2.29. The predicted molar refractivity (Wildman–Crippen MR) is 112 cm³/mol. The molecule has 1 N–H and O–H groups in total. The molecule has 2 aliphatic rings. The van der Waals surface area contributed by atoms with Crippen LogP contribution in [0.25, 0.3) is 5.69 Å². The van der Waals surface area contributed by atoms with Crippen LogP contribution in [0.5, 0.6) is 0 Å². The number of ether oxygens (including phenoxy) is 1. The van der Waals surface area contributed by atoms with Crippen molar-refractivity contribution in [2.45, 2.75) is 13.0 Å². The maximum atomic E-state index is 13.4. The van der Waals surface area contributed by atoms with E-state index >= 15 is 0 Å². The topological polar surface area (TPSA) is 71.3 Å². The number of pyridine rings is 1. The third-order valence-corrected chi connectivity index (χ3v) is 5.58. The van der Waals surface area contributed by atoms with Crippen molar-refractivity contribution in [2.75, 3.05) is 49.6 Å². The number of nitrogens with zero attached hydrogens (tertiary/aromatic N) is 6. The Kier molecular flexibility index (Phi) is 5.06. The molecule has 4 heterocycles. The molecule has 0 bridgehead atoms. The lowest BCUT2D eigenvalue weighted by molar-refractivity contribution is -0.0660. The minimum absolute atomic E-state index is 0.411. The molecular formula is C21H24FN7O. The number of rotatable bonds is 5. The molecule has 0 radical (unpaired) electrons. The molecule has 0 saturated carbocycles. The number of hydrogen-bond donors (Lipinski definition) is 1. The molecule has 1 aromatic carbocycles. The van der Waals surface area contributed by atoms with E-state index in [1.807, 2.05) is 0 Å². The first-order valence-electron chi connectivity index (χ1n) is 10.1. The summed E-state index contributed by atoms with van der Waals surface area (Å²) in [7, 11) is 0. The largest absolute Gasteiger partial charge is 0.378 e. The standard InChI is InChI=1S/C21H24FN7O/c1-15-6-17(25-21-24-14-29(26-21)19-8-16(22)10-23-11-19)9-18(7-15)27-2-4-28(5-3-27)20-12-30-13-20/h6-11,14,20H,2-5,12-13H2,1H3,(H,25,26). The number of hydrogen-bond acceptors (Lipinski definition) is 7. The van der Waals surface area contributed by atoms with Crippen molar-refractivity contribution < 1.29 is 9.13 Å². The Hall–Kier alpha value is -3.04. The lowest BCUT2D eigenvalue weighted by atomic mass is 10.1. The molecule has 156 valence electrons. The highest BCUT2D eigenvalue weighted by Crippen LogP contribution is 2.26. The van der Waals surface area contributed by atoms with Gasteiger partial charge in [-0.25, -0.2) is 9.07 Å². The molecule has 0 unspecified atom stereocenters. The van der Waals surface area contributed by atoms with Crippen LogP contribution >= 0.6 is 0 Å². The maximum Gasteiger partial charge on any atom is 0.246 e. The highest BCUT2D eigenvalue weighted by atomic mass is 19.1. The second-order valence-corrected chi connectivity index (χ2v) is 7.77. The fourth-order valence-corrected chi connectivity index (χ4v) is 3.90. The van der Waals surface area contributed by atoms with Gasteiger partial charge in [0.1, 0.15) is 12.1 Å². The second-order valence-electron chi connectivity index (χ2n) is 7.77. The van der Waals surface area contributed by atoms with Gasteiger partial charge in [-0.2, -0.15) is 4.98 Å². The smallest absolute Gasteiger partial charge is 0.246 e. The molecule has 0 aliphatic carbocycles. The number of aryl methyl sites for hydroxylation is 1. The second kappa shape index (κ2) is 8.00. The molecule has 0 atom stereocenters. The molecule has 0 spiro atoms. The van der Waals surface area contributed by atoms with Crippen molar-refractivity contribution in [1.29, 1.82) is 0 Å². The number of nitrogens with one attached hydrogen (secondary N) is 1. The van der Waals surface area contributed by atoms with Crippen LogP contribution in [-0.4, -0.2) is 70.1 Å². The molecule has 30 heavy (non-hydrogen) atoms. The molecule has 2 aromatic heterocycles. The van der Waals surface area contributed by atoms with Gasteiger partial charge < -0.3 is 15.0 Å². The lowest BCUT2D eigenvalue weighted by Gasteiger charge is -2.43. The number of aromatic nitrogens is 4. The summed E-state index contributed by atoms with van der Waals surface area (Å²) in [5.74, 6) is 0.0383. The van der Waals surface area contributed by atoms with Gasteiger partial charge in [0, 0.05) is 43.6 Å². The van der Waals surface area contributed by atoms with Gasteiger partial charge in [0.2, 0.25) is 5.95 Å². The van der Waals surface area contributed by atoms with E-state index in [1.54, 1.807) is 12.5 Å². The van der Waals surface area contributed by atoms with Crippen LogP contribution in [-0.2, 0) is 4.74 Å². The van der Waals surface area contributed by atoms with E-state index in [0.717, 1.165) is 51.3 Å². The van der Waals surface area contributed by atoms with Gasteiger partial charge in [0.15, 0.2) is 0 Å². The Morgan fingerprint density at radius 2 is 1.87 bits per heavy atom. The summed E-state index contributed by atoms with van der Waals surface area (Å²) in [6.07, 6.45) is 4.24. The Morgan fingerprint density at radius 1 is 1.03 bits per heavy atom. The van der Waals surface area contributed by atoms with Gasteiger partial charge in [-0.15, -0.1) is 5.10 Å². The van der Waals surface area contributed by atoms with E-state index in [4.69, 9.17) is 4.74 Å². The zero-order chi connectivity index (χ0) is 20.5. The van der Waals surface area contributed by atoms with Gasteiger partial charge >= 0.3 is 0 Å². The number of benzene rings is 1. The van der Waals surface area contributed by atoms with Crippen LogP contribution in [0.1, 0.15) is 5.56 Å². The minimum atomic E-state index is -0.411. The normalized spacial score (nSPS) is 17.7. The third kappa shape index (κ3) is 3.99. The highest BCUT2D eigenvalue weighted by molar-refractivity contribution is 5.64. The fourth-order valence-electron chi connectivity index (χ4n) is 3.90. The number of piperazine rings is 1. The third-order valence-electron chi connectivity index (χ3n) is 5.58. The zero-order valence-electron chi connectivity index (χ0n) is 16.8. The lowest BCUT2D eigenvalue weighted by Crippen LogP contribution is -2.56. The van der Waals surface area contributed by atoms with Gasteiger partial charge in [-0.1, -0.05) is 0 Å². The van der Waals surface area contributed by atoms with Crippen LogP contribution in [0.2, 0.25) is 0 Å². The Morgan fingerprint density at radius 3 is 2.60 bits per heavy atom. The van der Waals surface area contributed by atoms with Gasteiger partial charge in [-0.05, 0) is 30.7 Å². The van der Waals surface area contributed by atoms with E-state index in [-0.39, 0.29) is 0 Å². The Balaban J connectivity index is 1.28. The monoisotopic (exact) mass is 409 g/mol. The van der Waals surface area contributed by atoms with Crippen LogP contribution in [0.3, 0.4) is 0 Å². The minimum Gasteiger partial charge on any atom is -0.378 e. The average molecular weight is 409 g/mol. The SMILES string of the molecule is Cc1cc(Nc2ncn(-c3cncc(F)c3)n2)cc(N2CCN(C3COC3)CC2)c1. The first kappa shape index (κ1) is 19.0. The number of anilines is 3. The van der Waals surface area contributed by atoms with E-state index in [1.165, 1.54) is 22.0 Å². The summed E-state index contributed by atoms with van der Waals surface area (Å²) in [4.78, 5) is 13.1. The van der Waals surface area contributed by atoms with Crippen LogP contribution in [0.4, 0.5) is 21.7 Å². The first-order chi connectivity index (χ1) is 14.6. The molecular weight excluding hydrogens is 385 g/mol. The van der Waals surface area contributed by atoms with E-state index in [2.05, 4.69) is 55.3 Å². The van der Waals surface area contributed by atoms with E-state index in [0.29, 0.717) is 17.7 Å². The van der Waals surface area contributed by atoms with Gasteiger partial charge in [0.05, 0.1) is 37.3 Å². The van der Waals surface area contributed by atoms with Crippen LogP contribution in [0.15, 0.2) is 43.0 Å². The Bertz CT molecular complexity index is 1030. The van der Waals surface area contributed by atoms with Crippen molar-refractivity contribution in [3.63, 3.8) is 0 Å². The summed E-state index contributed by atoms with van der Waals surface area (Å²) >= 11 is 0. The van der Waals surface area contributed by atoms with Crippen molar-refractivity contribution in [1.82, 2.24) is 24.6 Å². The van der Waals surface area contributed by atoms with Crippen LogP contribution < -0.4 is 10.2 Å². The van der Waals surface area contributed by atoms with Crippen molar-refractivity contribution in [3.8, 4) is 5.69 Å². The van der Waals surface area contributed by atoms with E-state index in [9.17, 15) is 4.39 Å². The molecule has 2 saturated heterocycles. The van der Waals surface area contributed by atoms with Crippen molar-refractivity contribution in [3.05, 3.63) is 54.4 Å². The maximum absolute atomic E-state index is 13.4. The predicted octanol–water partition coefficient (Wildman–Crippen LogP) is 2.37. The summed E-state index contributed by atoms with van der Waals surface area (Å²) < 4.78 is 20.2. The first-order valence-corrected chi connectivity index (χ1v) is 10.1. The summed E-state index contributed by atoms with van der Waals surface area (Å²) in [6, 6.07) is 8.36. The Labute approximate surface area is 174 Å². The molecule has 5 rings (SSSR count). The van der Waals surface area contributed by atoms with Crippen LogP contribution in [0, 0.1) is 12.7 Å². The summed E-state index contributed by atoms with van der Waals surface area (Å²) in [5, 5.41) is 7.65. The fraction of sp³-hybridized carbons (Fsp3) is 0.381. The van der Waals surface area contributed by atoms with Gasteiger partial charge in [0.25, 0.3) is 0 Å². The number of halogens is 1. The van der Waals surface area contributed by atoms with Crippen molar-refractivity contribution in [2.24, 2.45) is 0 Å². The zero-order valence-corrected chi connectivity index (χ0v) is 16.8. The molecule has 9 heteroatoms. The average Bonchev–Trinajstić information content (AvgIpc) is 3.15. The van der Waals surface area contributed by atoms with Crippen molar-refractivity contribution >= 4 is 17.3 Å². The molecule has 2 fully saturated rings. The van der Waals surface area contributed by atoms with E-state index < -0.39 is 5.82 Å². The molecule has 3 aromatic rings. The molecule has 8 nitrogen and oxygen atoms in total. The van der Waals surface area contributed by atoms with Gasteiger partial charge in [-0.3, -0.25) is 9.88 Å². The molecule has 0 amide bonds. The molecule has 2 aliphatic heterocycles.